The van der Waals surface area contributed by atoms with E-state index in [1.807, 2.05) is 12.1 Å². The molecule has 0 saturated carbocycles. The van der Waals surface area contributed by atoms with Crippen LogP contribution in [0.5, 0.6) is 5.75 Å². The van der Waals surface area contributed by atoms with E-state index in [0.717, 1.165) is 17.7 Å². The number of pyridine rings is 2. The van der Waals surface area contributed by atoms with Crippen molar-refractivity contribution < 1.29 is 27.4 Å². The van der Waals surface area contributed by atoms with Crippen molar-refractivity contribution in [3.05, 3.63) is 71.5 Å². The quantitative estimate of drug-likeness (QED) is 0.428. The summed E-state index contributed by atoms with van der Waals surface area (Å²) in [5, 5.41) is 8.59. The Bertz CT molecular complexity index is 1180. The van der Waals surface area contributed by atoms with E-state index in [4.69, 9.17) is 9.47 Å². The van der Waals surface area contributed by atoms with Gasteiger partial charge < -0.3 is 25.4 Å². The number of amides is 1. The van der Waals surface area contributed by atoms with Gasteiger partial charge in [-0.05, 0) is 42.0 Å². The number of carbonyl (C=O) groups excluding carboxylic acids is 1. The summed E-state index contributed by atoms with van der Waals surface area (Å²) in [4.78, 5) is 21.4. The molecule has 0 aliphatic carbocycles. The summed E-state index contributed by atoms with van der Waals surface area (Å²) < 4.78 is 51.3. The van der Waals surface area contributed by atoms with Gasteiger partial charge >= 0.3 is 6.18 Å². The lowest BCUT2D eigenvalue weighted by atomic mass is 10.1. The molecule has 2 aromatic heterocycles. The summed E-state index contributed by atoms with van der Waals surface area (Å²) in [7, 11) is 1.76. The van der Waals surface area contributed by atoms with Gasteiger partial charge in [-0.15, -0.1) is 0 Å². The van der Waals surface area contributed by atoms with Crippen molar-refractivity contribution in [3.63, 3.8) is 0 Å². The highest BCUT2D eigenvalue weighted by Gasteiger charge is 2.32. The first-order chi connectivity index (χ1) is 16.8. The normalized spacial score (nSPS) is 15.5. The van der Waals surface area contributed by atoms with Gasteiger partial charge in [0.15, 0.2) is 0 Å². The number of benzene rings is 1. The molecule has 11 heteroatoms. The van der Waals surface area contributed by atoms with Gasteiger partial charge in [-0.3, -0.25) is 4.79 Å². The summed E-state index contributed by atoms with van der Waals surface area (Å²) in [5.74, 6) is 0.378. The topological polar surface area (TPSA) is 97.4 Å². The van der Waals surface area contributed by atoms with Crippen LogP contribution in [0.1, 0.15) is 27.9 Å². The molecule has 184 valence electrons. The number of aromatic nitrogens is 2. The number of anilines is 3. The maximum atomic E-state index is 13.5. The van der Waals surface area contributed by atoms with Gasteiger partial charge in [0.25, 0.3) is 5.91 Å². The minimum Gasteiger partial charge on any atom is -0.488 e. The van der Waals surface area contributed by atoms with Gasteiger partial charge in [0.2, 0.25) is 0 Å². The summed E-state index contributed by atoms with van der Waals surface area (Å²) in [6.45, 7) is 1.15. The Balaban J connectivity index is 1.53. The monoisotopic (exact) mass is 487 g/mol. The van der Waals surface area contributed by atoms with E-state index < -0.39 is 17.6 Å². The molecule has 3 aromatic rings. The molecule has 1 fully saturated rings. The molecule has 1 amide bonds. The van der Waals surface area contributed by atoms with E-state index in [2.05, 4.69) is 25.9 Å². The summed E-state index contributed by atoms with van der Waals surface area (Å²) >= 11 is 0. The predicted octanol–water partition coefficient (Wildman–Crippen LogP) is 4.57. The number of ether oxygens (including phenoxy) is 2. The highest BCUT2D eigenvalue weighted by Crippen LogP contribution is 2.35. The molecular formula is C24H24F3N5O3. The number of rotatable bonds is 8. The fraction of sp³-hybridized carbons (Fsp3) is 0.292. The fourth-order valence-electron chi connectivity index (χ4n) is 3.54. The second-order valence-electron chi connectivity index (χ2n) is 7.85. The number of nitrogens with zero attached hydrogens (tertiary/aromatic N) is 2. The average molecular weight is 487 g/mol. The van der Waals surface area contributed by atoms with E-state index in [1.54, 1.807) is 19.3 Å². The SMILES string of the molecule is CNc1cc(CNc2ncccc2C(=O)Nc2cc(O[C@@H]3CCOC3)cc(C(F)(F)F)c2)ccn1. The first-order valence-electron chi connectivity index (χ1n) is 10.9. The van der Waals surface area contributed by atoms with Crippen LogP contribution in [-0.4, -0.2) is 42.2 Å². The number of nitrogens with one attached hydrogen (secondary N) is 3. The van der Waals surface area contributed by atoms with Crippen LogP contribution < -0.4 is 20.7 Å². The molecular weight excluding hydrogens is 463 g/mol. The minimum atomic E-state index is -4.61. The zero-order valence-corrected chi connectivity index (χ0v) is 18.9. The number of hydrogen-bond donors (Lipinski definition) is 3. The Hall–Kier alpha value is -3.86. The van der Waals surface area contributed by atoms with Crippen LogP contribution in [0.15, 0.2) is 54.9 Å². The van der Waals surface area contributed by atoms with Crippen molar-refractivity contribution in [2.45, 2.75) is 25.2 Å². The molecule has 4 rings (SSSR count). The second kappa shape index (κ2) is 10.6. The third-order valence-electron chi connectivity index (χ3n) is 5.28. The van der Waals surface area contributed by atoms with Crippen LogP contribution in [-0.2, 0) is 17.5 Å². The zero-order valence-electron chi connectivity index (χ0n) is 18.9. The van der Waals surface area contributed by atoms with Crippen LogP contribution in [0, 0.1) is 0 Å². The Labute approximate surface area is 199 Å². The Morgan fingerprint density at radius 2 is 2.03 bits per heavy atom. The predicted molar refractivity (Wildman–Crippen MR) is 125 cm³/mol. The highest BCUT2D eigenvalue weighted by atomic mass is 19.4. The van der Waals surface area contributed by atoms with Crippen molar-refractivity contribution >= 4 is 23.2 Å². The van der Waals surface area contributed by atoms with E-state index in [-0.39, 0.29) is 23.1 Å². The number of carbonyl (C=O) groups is 1. The highest BCUT2D eigenvalue weighted by molar-refractivity contribution is 6.07. The van der Waals surface area contributed by atoms with Crippen molar-refractivity contribution in [2.24, 2.45) is 0 Å². The fourth-order valence-corrected chi connectivity index (χ4v) is 3.54. The summed E-state index contributed by atoms with van der Waals surface area (Å²) in [6, 6.07) is 9.93. The molecule has 1 aliphatic heterocycles. The molecule has 1 atom stereocenters. The standard InChI is InChI=1S/C24H24F3N5O3/c1-28-21-9-15(4-7-29-21)13-31-22-20(3-2-6-30-22)23(33)32-17-10-16(24(25,26)27)11-19(12-17)35-18-5-8-34-14-18/h2-4,6-7,9-12,18H,5,8,13-14H2,1H3,(H,28,29)(H,30,31)(H,32,33)/t18-/m1/s1. The van der Waals surface area contributed by atoms with E-state index in [1.165, 1.54) is 18.3 Å². The molecule has 3 N–H and O–H groups in total. The number of hydrogen-bond acceptors (Lipinski definition) is 7. The van der Waals surface area contributed by atoms with E-state index in [9.17, 15) is 18.0 Å². The van der Waals surface area contributed by atoms with Crippen LogP contribution in [0.3, 0.4) is 0 Å². The third-order valence-corrected chi connectivity index (χ3v) is 5.28. The van der Waals surface area contributed by atoms with Crippen LogP contribution in [0.4, 0.5) is 30.5 Å². The van der Waals surface area contributed by atoms with Gasteiger partial charge in [0.1, 0.15) is 23.5 Å². The minimum absolute atomic E-state index is 0.00758. The van der Waals surface area contributed by atoms with Gasteiger partial charge in [0, 0.05) is 44.2 Å². The summed E-state index contributed by atoms with van der Waals surface area (Å²) in [6.07, 6.45) is -1.20. The summed E-state index contributed by atoms with van der Waals surface area (Å²) in [5.41, 5.74) is 0.115. The molecule has 1 aliphatic rings. The molecule has 3 heterocycles. The third kappa shape index (κ3) is 6.38. The zero-order chi connectivity index (χ0) is 24.8. The van der Waals surface area contributed by atoms with Crippen molar-refractivity contribution in [3.8, 4) is 5.75 Å². The van der Waals surface area contributed by atoms with Gasteiger partial charge in [-0.2, -0.15) is 13.2 Å². The largest absolute Gasteiger partial charge is 0.488 e. The lowest BCUT2D eigenvalue weighted by molar-refractivity contribution is -0.137. The van der Waals surface area contributed by atoms with E-state index in [0.29, 0.717) is 37.8 Å². The van der Waals surface area contributed by atoms with Gasteiger partial charge in [-0.25, -0.2) is 9.97 Å². The maximum absolute atomic E-state index is 13.5. The maximum Gasteiger partial charge on any atom is 0.416 e. The average Bonchev–Trinajstić information content (AvgIpc) is 3.35. The Kier molecular flexibility index (Phi) is 7.35. The van der Waals surface area contributed by atoms with Crippen LogP contribution in [0.25, 0.3) is 0 Å². The first kappa shape index (κ1) is 24.3. The number of alkyl halides is 3. The van der Waals surface area contributed by atoms with E-state index >= 15 is 0 Å². The Morgan fingerprint density at radius 3 is 2.77 bits per heavy atom. The van der Waals surface area contributed by atoms with Crippen molar-refractivity contribution in [2.75, 3.05) is 36.2 Å². The molecule has 8 nitrogen and oxygen atoms in total. The van der Waals surface area contributed by atoms with Crippen LogP contribution >= 0.6 is 0 Å². The second-order valence-corrected chi connectivity index (χ2v) is 7.85. The van der Waals surface area contributed by atoms with Gasteiger partial charge in [0.05, 0.1) is 24.3 Å². The smallest absolute Gasteiger partial charge is 0.416 e. The van der Waals surface area contributed by atoms with Crippen LogP contribution in [0.2, 0.25) is 0 Å². The lowest BCUT2D eigenvalue weighted by Gasteiger charge is -2.17. The number of halogens is 3. The molecule has 0 bridgehead atoms. The molecule has 0 radical (unpaired) electrons. The van der Waals surface area contributed by atoms with Crippen molar-refractivity contribution in [1.82, 2.24) is 9.97 Å². The Morgan fingerprint density at radius 1 is 1.17 bits per heavy atom. The molecule has 35 heavy (non-hydrogen) atoms. The van der Waals surface area contributed by atoms with Gasteiger partial charge in [-0.1, -0.05) is 0 Å². The first-order valence-corrected chi connectivity index (χ1v) is 10.9. The lowest BCUT2D eigenvalue weighted by Crippen LogP contribution is -2.18. The molecule has 0 unspecified atom stereocenters. The molecule has 0 spiro atoms. The molecule has 1 saturated heterocycles. The van der Waals surface area contributed by atoms with Crippen molar-refractivity contribution in [1.29, 1.82) is 0 Å². The molecule has 1 aromatic carbocycles.